The van der Waals surface area contributed by atoms with Crippen molar-refractivity contribution in [3.63, 3.8) is 0 Å². The van der Waals surface area contributed by atoms with E-state index < -0.39 is 0 Å². The largest absolute Gasteiger partial charge is 0.394 e. The number of rotatable bonds is 5. The van der Waals surface area contributed by atoms with Gasteiger partial charge in [0.2, 0.25) is 0 Å². The summed E-state index contributed by atoms with van der Waals surface area (Å²) in [5.74, 6) is 0.102. The molecule has 0 unspecified atom stereocenters. The van der Waals surface area contributed by atoms with Crippen molar-refractivity contribution in [2.75, 3.05) is 13.7 Å². The summed E-state index contributed by atoms with van der Waals surface area (Å²) < 4.78 is 0. The second-order valence-electron chi connectivity index (χ2n) is 5.69. The number of amides is 1. The van der Waals surface area contributed by atoms with Gasteiger partial charge in [-0.05, 0) is 12.8 Å². The first-order chi connectivity index (χ1) is 10.5. The number of hydrogen-bond donors (Lipinski definition) is 1. The van der Waals surface area contributed by atoms with E-state index >= 15 is 0 Å². The Balaban J connectivity index is 2.39. The van der Waals surface area contributed by atoms with Crippen LogP contribution in [-0.4, -0.2) is 40.6 Å². The monoisotopic (exact) mass is 318 g/mol. The standard InChI is InChI=1S/C17H22N2O2S/c1-11(2)14(10-20)19(4)17(21)16-15(18-12(3)22-16)13-8-6-5-7-9-13/h5-9,11,14,20H,10H2,1-4H3/t14-/m1/s1. The lowest BCUT2D eigenvalue weighted by atomic mass is 10.0. The molecule has 0 spiro atoms. The maximum absolute atomic E-state index is 12.8. The lowest BCUT2D eigenvalue weighted by molar-refractivity contribution is 0.0593. The van der Waals surface area contributed by atoms with Crippen LogP contribution < -0.4 is 0 Å². The Morgan fingerprint density at radius 1 is 1.32 bits per heavy atom. The van der Waals surface area contributed by atoms with Crippen molar-refractivity contribution in [3.8, 4) is 11.3 Å². The van der Waals surface area contributed by atoms with Crippen LogP contribution in [0, 0.1) is 12.8 Å². The van der Waals surface area contributed by atoms with Crippen molar-refractivity contribution in [3.05, 3.63) is 40.2 Å². The van der Waals surface area contributed by atoms with Gasteiger partial charge in [-0.2, -0.15) is 0 Å². The van der Waals surface area contributed by atoms with Gasteiger partial charge in [0.15, 0.2) is 0 Å². The van der Waals surface area contributed by atoms with E-state index in [1.807, 2.05) is 51.1 Å². The van der Waals surface area contributed by atoms with Crippen molar-refractivity contribution in [1.29, 1.82) is 0 Å². The van der Waals surface area contributed by atoms with Gasteiger partial charge < -0.3 is 10.0 Å². The normalized spacial score (nSPS) is 12.5. The third kappa shape index (κ3) is 3.36. The molecule has 1 N–H and O–H groups in total. The van der Waals surface area contributed by atoms with Crippen molar-refractivity contribution in [2.24, 2.45) is 5.92 Å². The molecule has 118 valence electrons. The molecule has 1 heterocycles. The molecule has 0 aliphatic heterocycles. The minimum Gasteiger partial charge on any atom is -0.394 e. The average Bonchev–Trinajstić information content (AvgIpc) is 2.89. The van der Waals surface area contributed by atoms with Crippen molar-refractivity contribution in [1.82, 2.24) is 9.88 Å². The first-order valence-corrected chi connectivity index (χ1v) is 8.18. The maximum atomic E-state index is 12.8. The number of likely N-dealkylation sites (N-methyl/N-ethyl adjacent to an activating group) is 1. The third-order valence-electron chi connectivity index (χ3n) is 3.75. The third-order valence-corrected chi connectivity index (χ3v) is 4.71. The predicted octanol–water partition coefficient (Wildman–Crippen LogP) is 3.21. The fourth-order valence-electron chi connectivity index (χ4n) is 2.45. The van der Waals surface area contributed by atoms with Crippen molar-refractivity contribution >= 4 is 17.2 Å². The highest BCUT2D eigenvalue weighted by atomic mass is 32.1. The number of benzene rings is 1. The lowest BCUT2D eigenvalue weighted by Gasteiger charge is -2.29. The number of thiazole rings is 1. The minimum atomic E-state index is -0.196. The number of aromatic nitrogens is 1. The molecular formula is C17H22N2O2S. The Bertz CT molecular complexity index is 637. The topological polar surface area (TPSA) is 53.4 Å². The summed E-state index contributed by atoms with van der Waals surface area (Å²) in [5.41, 5.74) is 1.66. The molecule has 0 radical (unpaired) electrons. The van der Waals surface area contributed by atoms with Crippen LogP contribution in [0.15, 0.2) is 30.3 Å². The first kappa shape index (κ1) is 16.6. The molecule has 1 amide bonds. The molecule has 2 rings (SSSR count). The van der Waals surface area contributed by atoms with Gasteiger partial charge in [0.05, 0.1) is 23.4 Å². The number of carbonyl (C=O) groups excluding carboxylic acids is 1. The van der Waals surface area contributed by atoms with E-state index in [2.05, 4.69) is 4.98 Å². The molecule has 4 nitrogen and oxygen atoms in total. The van der Waals surface area contributed by atoms with Gasteiger partial charge in [-0.15, -0.1) is 11.3 Å². The summed E-state index contributed by atoms with van der Waals surface area (Å²) in [6.45, 7) is 5.86. The molecule has 0 bridgehead atoms. The van der Waals surface area contributed by atoms with Gasteiger partial charge in [0.25, 0.3) is 5.91 Å². The fraction of sp³-hybridized carbons (Fsp3) is 0.412. The molecule has 0 aliphatic rings. The highest BCUT2D eigenvalue weighted by Crippen LogP contribution is 2.29. The molecule has 5 heteroatoms. The van der Waals surface area contributed by atoms with Crippen LogP contribution in [0.25, 0.3) is 11.3 Å². The molecule has 22 heavy (non-hydrogen) atoms. The maximum Gasteiger partial charge on any atom is 0.266 e. The van der Waals surface area contributed by atoms with Crippen molar-refractivity contribution < 1.29 is 9.90 Å². The summed E-state index contributed by atoms with van der Waals surface area (Å²) >= 11 is 1.40. The van der Waals surface area contributed by atoms with E-state index in [-0.39, 0.29) is 24.5 Å². The van der Waals surface area contributed by atoms with Crippen LogP contribution in [-0.2, 0) is 0 Å². The van der Waals surface area contributed by atoms with Gasteiger partial charge in [-0.25, -0.2) is 4.98 Å². The zero-order chi connectivity index (χ0) is 16.3. The van der Waals surface area contributed by atoms with E-state index in [9.17, 15) is 9.90 Å². The Morgan fingerprint density at radius 2 is 1.95 bits per heavy atom. The number of carbonyl (C=O) groups is 1. The summed E-state index contributed by atoms with van der Waals surface area (Å²) in [6, 6.07) is 9.53. The quantitative estimate of drug-likeness (QED) is 0.921. The van der Waals surface area contributed by atoms with E-state index in [0.717, 1.165) is 16.3 Å². The van der Waals surface area contributed by atoms with Crippen LogP contribution in [0.4, 0.5) is 0 Å². The van der Waals surface area contributed by atoms with Crippen LogP contribution in [0.3, 0.4) is 0 Å². The fourth-order valence-corrected chi connectivity index (χ4v) is 3.38. The zero-order valence-corrected chi connectivity index (χ0v) is 14.2. The highest BCUT2D eigenvalue weighted by Gasteiger charge is 2.27. The summed E-state index contributed by atoms with van der Waals surface area (Å²) in [5, 5.41) is 10.4. The smallest absolute Gasteiger partial charge is 0.266 e. The van der Waals surface area contributed by atoms with E-state index in [1.165, 1.54) is 11.3 Å². The van der Waals surface area contributed by atoms with E-state index in [0.29, 0.717) is 4.88 Å². The summed E-state index contributed by atoms with van der Waals surface area (Å²) in [7, 11) is 1.74. The van der Waals surface area contributed by atoms with Gasteiger partial charge in [0.1, 0.15) is 4.88 Å². The van der Waals surface area contributed by atoms with E-state index in [4.69, 9.17) is 0 Å². The predicted molar refractivity (Wildman–Crippen MR) is 90.1 cm³/mol. The molecule has 2 aromatic rings. The van der Waals surface area contributed by atoms with Gasteiger partial charge in [0, 0.05) is 12.6 Å². The number of hydrogen-bond acceptors (Lipinski definition) is 4. The van der Waals surface area contributed by atoms with E-state index in [1.54, 1.807) is 11.9 Å². The highest BCUT2D eigenvalue weighted by molar-refractivity contribution is 7.14. The molecular weight excluding hydrogens is 296 g/mol. The van der Waals surface area contributed by atoms with Crippen molar-refractivity contribution in [2.45, 2.75) is 26.8 Å². The summed E-state index contributed by atoms with van der Waals surface area (Å²) in [6.07, 6.45) is 0. The molecule has 0 aliphatic carbocycles. The second-order valence-corrected chi connectivity index (χ2v) is 6.89. The number of aliphatic hydroxyl groups is 1. The molecule has 0 fully saturated rings. The number of aliphatic hydroxyl groups excluding tert-OH is 1. The number of nitrogens with zero attached hydrogens (tertiary/aromatic N) is 2. The molecule has 1 atom stereocenters. The van der Waals surface area contributed by atoms with Gasteiger partial charge in [-0.3, -0.25) is 4.79 Å². The minimum absolute atomic E-state index is 0.0433. The number of aryl methyl sites for hydroxylation is 1. The van der Waals surface area contributed by atoms with Crippen LogP contribution in [0.5, 0.6) is 0 Å². The Hall–Kier alpha value is -1.72. The molecule has 1 aromatic heterocycles. The van der Waals surface area contributed by atoms with Gasteiger partial charge >= 0.3 is 0 Å². The average molecular weight is 318 g/mol. The Kier molecular flexibility index (Phi) is 5.32. The second kappa shape index (κ2) is 7.03. The first-order valence-electron chi connectivity index (χ1n) is 7.36. The lowest BCUT2D eigenvalue weighted by Crippen LogP contribution is -2.42. The Labute approximate surface area is 135 Å². The van der Waals surface area contributed by atoms with Gasteiger partial charge in [-0.1, -0.05) is 44.2 Å². The zero-order valence-electron chi connectivity index (χ0n) is 13.4. The van der Waals surface area contributed by atoms with Crippen LogP contribution in [0.2, 0.25) is 0 Å². The Morgan fingerprint density at radius 3 is 2.50 bits per heavy atom. The summed E-state index contributed by atoms with van der Waals surface area (Å²) in [4.78, 5) is 19.6. The SMILES string of the molecule is Cc1nc(-c2ccccc2)c(C(=O)N(C)[C@H](CO)C(C)C)s1. The molecule has 0 saturated carbocycles. The van der Waals surface area contributed by atoms with Crippen LogP contribution in [0.1, 0.15) is 28.5 Å². The molecule has 1 aromatic carbocycles. The molecule has 0 saturated heterocycles. The van der Waals surface area contributed by atoms with Crippen LogP contribution >= 0.6 is 11.3 Å².